The van der Waals surface area contributed by atoms with Crippen LogP contribution in [0.2, 0.25) is 0 Å². The summed E-state index contributed by atoms with van der Waals surface area (Å²) in [6, 6.07) is 0. The van der Waals surface area contributed by atoms with Gasteiger partial charge < -0.3 is 9.80 Å². The second kappa shape index (κ2) is 5.36. The second-order valence-corrected chi connectivity index (χ2v) is 6.28. The van der Waals surface area contributed by atoms with Crippen LogP contribution in [0, 0.1) is 12.8 Å². The Bertz CT molecular complexity index is 469. The van der Waals surface area contributed by atoms with Crippen molar-refractivity contribution in [1.29, 1.82) is 0 Å². The first-order chi connectivity index (χ1) is 9.24. The lowest BCUT2D eigenvalue weighted by Crippen LogP contribution is -2.56. The molecule has 0 atom stereocenters. The average molecular weight is 278 g/mol. The zero-order valence-electron chi connectivity index (χ0n) is 11.1. The number of hydrogen-bond acceptors (Lipinski definition) is 5. The van der Waals surface area contributed by atoms with E-state index in [0.29, 0.717) is 5.91 Å². The van der Waals surface area contributed by atoms with E-state index in [4.69, 9.17) is 0 Å². The summed E-state index contributed by atoms with van der Waals surface area (Å²) in [4.78, 5) is 25.0. The molecule has 2 saturated heterocycles. The Balaban J connectivity index is 1.56. The summed E-state index contributed by atoms with van der Waals surface area (Å²) in [5.41, 5.74) is 0.917. The van der Waals surface area contributed by atoms with Crippen molar-refractivity contribution in [2.24, 2.45) is 5.92 Å². The quantitative estimate of drug-likeness (QED) is 0.801. The summed E-state index contributed by atoms with van der Waals surface area (Å²) in [6.07, 6.45) is 3.52. The molecule has 0 radical (unpaired) electrons. The van der Waals surface area contributed by atoms with Crippen molar-refractivity contribution in [1.82, 2.24) is 14.9 Å². The van der Waals surface area contributed by atoms with Gasteiger partial charge in [0.2, 0.25) is 5.91 Å². The summed E-state index contributed by atoms with van der Waals surface area (Å²) >= 11 is 1.93. The molecular formula is C13H18N4OS. The van der Waals surface area contributed by atoms with Crippen LogP contribution in [0.25, 0.3) is 0 Å². The minimum atomic E-state index is 0.144. The lowest BCUT2D eigenvalue weighted by molar-refractivity contribution is -0.135. The highest BCUT2D eigenvalue weighted by Crippen LogP contribution is 2.24. The molecule has 19 heavy (non-hydrogen) atoms. The molecule has 0 unspecified atom stereocenters. The molecule has 1 aromatic rings. The van der Waals surface area contributed by atoms with E-state index in [2.05, 4.69) is 14.9 Å². The number of rotatable bonds is 2. The van der Waals surface area contributed by atoms with Crippen molar-refractivity contribution in [3.05, 3.63) is 18.1 Å². The van der Waals surface area contributed by atoms with Gasteiger partial charge in [0.05, 0.1) is 17.8 Å². The van der Waals surface area contributed by atoms with Gasteiger partial charge in [-0.3, -0.25) is 9.78 Å². The minimum Gasteiger partial charge on any atom is -0.354 e. The van der Waals surface area contributed by atoms with Crippen LogP contribution in [0.3, 0.4) is 0 Å². The van der Waals surface area contributed by atoms with E-state index < -0.39 is 0 Å². The third-order valence-corrected chi connectivity index (χ3v) is 4.56. The van der Waals surface area contributed by atoms with Crippen molar-refractivity contribution in [2.75, 3.05) is 42.6 Å². The molecule has 3 rings (SSSR count). The third-order valence-electron chi connectivity index (χ3n) is 3.62. The monoisotopic (exact) mass is 278 g/mol. The molecule has 102 valence electrons. The SMILES string of the molecule is Cc1cncc(N2CC(C(=O)N3CCSCC3)C2)n1. The average Bonchev–Trinajstić information content (AvgIpc) is 2.38. The Morgan fingerprint density at radius 1 is 1.32 bits per heavy atom. The maximum Gasteiger partial charge on any atom is 0.229 e. The van der Waals surface area contributed by atoms with Crippen LogP contribution in [0.5, 0.6) is 0 Å². The van der Waals surface area contributed by atoms with Crippen LogP contribution < -0.4 is 4.90 Å². The standard InChI is InChI=1S/C13H18N4OS/c1-10-6-14-7-12(15-10)17-8-11(9-17)13(18)16-2-4-19-5-3-16/h6-7,11H,2-5,8-9H2,1H3. The lowest BCUT2D eigenvalue weighted by atomic mass is 9.98. The molecule has 0 spiro atoms. The molecule has 0 saturated carbocycles. The first-order valence-corrected chi connectivity index (χ1v) is 7.79. The first kappa shape index (κ1) is 12.7. The summed E-state index contributed by atoms with van der Waals surface area (Å²) in [7, 11) is 0. The number of nitrogens with zero attached hydrogens (tertiary/aromatic N) is 4. The molecule has 3 heterocycles. The fourth-order valence-electron chi connectivity index (χ4n) is 2.47. The highest BCUT2D eigenvalue weighted by Gasteiger charge is 2.36. The van der Waals surface area contributed by atoms with E-state index in [-0.39, 0.29) is 5.92 Å². The van der Waals surface area contributed by atoms with E-state index in [1.54, 1.807) is 12.4 Å². The fourth-order valence-corrected chi connectivity index (χ4v) is 3.37. The zero-order chi connectivity index (χ0) is 13.2. The van der Waals surface area contributed by atoms with Crippen LogP contribution in [-0.4, -0.2) is 58.5 Å². The van der Waals surface area contributed by atoms with Gasteiger partial charge in [-0.25, -0.2) is 4.98 Å². The topological polar surface area (TPSA) is 49.3 Å². The van der Waals surface area contributed by atoms with Crippen LogP contribution >= 0.6 is 11.8 Å². The molecule has 1 aromatic heterocycles. The molecule has 0 aromatic carbocycles. The normalized spacial score (nSPS) is 20.3. The summed E-state index contributed by atoms with van der Waals surface area (Å²) in [6.45, 7) is 5.31. The Morgan fingerprint density at radius 3 is 2.74 bits per heavy atom. The highest BCUT2D eigenvalue weighted by atomic mass is 32.2. The predicted octanol–water partition coefficient (Wildman–Crippen LogP) is 0.797. The number of anilines is 1. The molecular weight excluding hydrogens is 260 g/mol. The first-order valence-electron chi connectivity index (χ1n) is 6.64. The van der Waals surface area contributed by atoms with Crippen LogP contribution in [0.4, 0.5) is 5.82 Å². The summed E-state index contributed by atoms with van der Waals surface area (Å²) in [5, 5.41) is 0. The molecule has 6 heteroatoms. The number of carbonyl (C=O) groups is 1. The van der Waals surface area contributed by atoms with Gasteiger partial charge in [-0.05, 0) is 6.92 Å². The van der Waals surface area contributed by atoms with E-state index >= 15 is 0 Å². The largest absolute Gasteiger partial charge is 0.354 e. The highest BCUT2D eigenvalue weighted by molar-refractivity contribution is 7.99. The van der Waals surface area contributed by atoms with Crippen molar-refractivity contribution >= 4 is 23.5 Å². The fraction of sp³-hybridized carbons (Fsp3) is 0.615. The van der Waals surface area contributed by atoms with Crippen LogP contribution in [0.15, 0.2) is 12.4 Å². The molecule has 0 bridgehead atoms. The maximum absolute atomic E-state index is 12.3. The molecule has 2 fully saturated rings. The number of aromatic nitrogens is 2. The van der Waals surface area contributed by atoms with Crippen molar-refractivity contribution in [3.63, 3.8) is 0 Å². The van der Waals surface area contributed by atoms with E-state index in [9.17, 15) is 4.79 Å². The van der Waals surface area contributed by atoms with Gasteiger partial charge in [-0.15, -0.1) is 0 Å². The van der Waals surface area contributed by atoms with E-state index in [1.807, 2.05) is 23.6 Å². The van der Waals surface area contributed by atoms with E-state index in [1.165, 1.54) is 0 Å². The van der Waals surface area contributed by atoms with Gasteiger partial charge in [-0.1, -0.05) is 0 Å². The van der Waals surface area contributed by atoms with Gasteiger partial charge in [0, 0.05) is 43.9 Å². The third kappa shape index (κ3) is 2.68. The number of hydrogen-bond donors (Lipinski definition) is 0. The van der Waals surface area contributed by atoms with Crippen molar-refractivity contribution < 1.29 is 4.79 Å². The minimum absolute atomic E-state index is 0.144. The second-order valence-electron chi connectivity index (χ2n) is 5.06. The Morgan fingerprint density at radius 2 is 2.05 bits per heavy atom. The predicted molar refractivity (Wildman–Crippen MR) is 76.4 cm³/mol. The van der Waals surface area contributed by atoms with Gasteiger partial charge in [0.1, 0.15) is 5.82 Å². The zero-order valence-corrected chi connectivity index (χ0v) is 11.9. The Labute approximate surface area is 117 Å². The lowest BCUT2D eigenvalue weighted by Gasteiger charge is -2.41. The Hall–Kier alpha value is -1.30. The molecule has 0 N–H and O–H groups in total. The van der Waals surface area contributed by atoms with Gasteiger partial charge in [0.15, 0.2) is 0 Å². The number of aryl methyl sites for hydroxylation is 1. The van der Waals surface area contributed by atoms with Crippen LogP contribution in [-0.2, 0) is 4.79 Å². The van der Waals surface area contributed by atoms with Crippen molar-refractivity contribution in [2.45, 2.75) is 6.92 Å². The summed E-state index contributed by atoms with van der Waals surface area (Å²) in [5.74, 6) is 3.50. The molecule has 0 aliphatic carbocycles. The van der Waals surface area contributed by atoms with E-state index in [0.717, 1.165) is 49.2 Å². The number of amides is 1. The maximum atomic E-state index is 12.3. The smallest absolute Gasteiger partial charge is 0.229 e. The molecule has 2 aliphatic heterocycles. The molecule has 2 aliphatic rings. The van der Waals surface area contributed by atoms with Crippen molar-refractivity contribution in [3.8, 4) is 0 Å². The molecule has 1 amide bonds. The van der Waals surface area contributed by atoms with Gasteiger partial charge >= 0.3 is 0 Å². The summed E-state index contributed by atoms with van der Waals surface area (Å²) < 4.78 is 0. The Kier molecular flexibility index (Phi) is 3.59. The van der Waals surface area contributed by atoms with Gasteiger partial charge in [-0.2, -0.15) is 11.8 Å². The number of thioether (sulfide) groups is 1. The van der Waals surface area contributed by atoms with Crippen LogP contribution in [0.1, 0.15) is 5.69 Å². The van der Waals surface area contributed by atoms with Gasteiger partial charge in [0.25, 0.3) is 0 Å². The number of carbonyl (C=O) groups excluding carboxylic acids is 1. The molecule has 5 nitrogen and oxygen atoms in total.